The van der Waals surface area contributed by atoms with Gasteiger partial charge in [-0.15, -0.1) is 11.6 Å². The van der Waals surface area contributed by atoms with E-state index in [9.17, 15) is 24.5 Å². The molecule has 10 heteroatoms. The van der Waals surface area contributed by atoms with Crippen LogP contribution in [-0.4, -0.2) is 30.7 Å². The first-order valence-corrected chi connectivity index (χ1v) is 9.66. The number of halogens is 1. The van der Waals surface area contributed by atoms with Crippen molar-refractivity contribution in [3.63, 3.8) is 0 Å². The van der Waals surface area contributed by atoms with Crippen molar-refractivity contribution in [2.75, 3.05) is 5.88 Å². The Labute approximate surface area is 175 Å². The number of benzene rings is 1. The molecule has 0 atom stereocenters. The molecule has 30 heavy (non-hydrogen) atoms. The standard InChI is InChI=1S/C20H19ClN4O5/c1-11-15(14(26)8-5-9-21)16(12-6-4-7-13(10-12)25(29)30)17-18(22-11)23(2)20(28)24(3)19(17)27/h4,6-7,10H,5,8-9H2,1-3H3. The van der Waals surface area contributed by atoms with E-state index in [4.69, 9.17) is 11.6 Å². The lowest BCUT2D eigenvalue weighted by Gasteiger charge is -2.16. The van der Waals surface area contributed by atoms with Crippen LogP contribution < -0.4 is 11.2 Å². The smallest absolute Gasteiger partial charge is 0.294 e. The number of aryl methyl sites for hydroxylation is 2. The van der Waals surface area contributed by atoms with Crippen LogP contribution in [0.4, 0.5) is 5.69 Å². The molecule has 0 saturated carbocycles. The molecule has 0 N–H and O–H groups in total. The first kappa shape index (κ1) is 21.4. The summed E-state index contributed by atoms with van der Waals surface area (Å²) in [6, 6.07) is 5.69. The average Bonchev–Trinajstić information content (AvgIpc) is 2.73. The number of nitro groups is 1. The Hall–Kier alpha value is -3.33. The Morgan fingerprint density at radius 3 is 2.57 bits per heavy atom. The van der Waals surface area contributed by atoms with Crippen molar-refractivity contribution >= 4 is 34.1 Å². The van der Waals surface area contributed by atoms with Crippen molar-refractivity contribution in [2.24, 2.45) is 14.1 Å². The van der Waals surface area contributed by atoms with Gasteiger partial charge in [-0.3, -0.25) is 28.8 Å². The van der Waals surface area contributed by atoms with Crippen LogP contribution in [0.15, 0.2) is 33.9 Å². The first-order valence-electron chi connectivity index (χ1n) is 9.13. The molecular formula is C20H19ClN4O5. The highest BCUT2D eigenvalue weighted by Gasteiger charge is 2.25. The van der Waals surface area contributed by atoms with Gasteiger partial charge in [-0.1, -0.05) is 12.1 Å². The second-order valence-corrected chi connectivity index (χ2v) is 7.25. The number of alkyl halides is 1. The molecule has 3 rings (SSSR count). The number of ketones is 1. The summed E-state index contributed by atoms with van der Waals surface area (Å²) in [7, 11) is 2.80. The van der Waals surface area contributed by atoms with Crippen molar-refractivity contribution in [1.29, 1.82) is 0 Å². The number of carbonyl (C=O) groups is 1. The Morgan fingerprint density at radius 2 is 1.93 bits per heavy atom. The Morgan fingerprint density at radius 1 is 1.23 bits per heavy atom. The average molecular weight is 431 g/mol. The largest absolute Gasteiger partial charge is 0.332 e. The minimum Gasteiger partial charge on any atom is -0.294 e. The number of Topliss-reactive ketones (excluding diaryl/α,β-unsaturated/α-hetero) is 1. The van der Waals surface area contributed by atoms with Crippen LogP contribution in [0.3, 0.4) is 0 Å². The summed E-state index contributed by atoms with van der Waals surface area (Å²) in [5.41, 5.74) is -0.191. The minimum absolute atomic E-state index is 0.0555. The number of pyridine rings is 1. The van der Waals surface area contributed by atoms with Gasteiger partial charge in [-0.2, -0.15) is 0 Å². The molecule has 0 aliphatic heterocycles. The maximum atomic E-state index is 13.1. The predicted molar refractivity (Wildman–Crippen MR) is 113 cm³/mol. The van der Waals surface area contributed by atoms with Gasteiger partial charge in [0.25, 0.3) is 11.2 Å². The highest BCUT2D eigenvalue weighted by molar-refractivity contribution is 6.18. The first-order chi connectivity index (χ1) is 14.2. The van der Waals surface area contributed by atoms with Crippen LogP contribution >= 0.6 is 11.6 Å². The third-order valence-corrected chi connectivity index (χ3v) is 5.20. The molecule has 1 aromatic carbocycles. The van der Waals surface area contributed by atoms with E-state index in [1.807, 2.05) is 0 Å². The molecule has 0 saturated heterocycles. The van der Waals surface area contributed by atoms with E-state index in [1.165, 1.54) is 36.9 Å². The van der Waals surface area contributed by atoms with Crippen LogP contribution in [-0.2, 0) is 14.1 Å². The van der Waals surface area contributed by atoms with Crippen molar-refractivity contribution in [1.82, 2.24) is 14.1 Å². The van der Waals surface area contributed by atoms with E-state index in [-0.39, 0.29) is 45.9 Å². The normalized spacial score (nSPS) is 11.1. The highest BCUT2D eigenvalue weighted by atomic mass is 35.5. The second-order valence-electron chi connectivity index (χ2n) is 6.87. The summed E-state index contributed by atoms with van der Waals surface area (Å²) in [5.74, 6) is 0.00811. The molecule has 0 radical (unpaired) electrons. The molecule has 156 valence electrons. The zero-order valence-electron chi connectivity index (χ0n) is 16.6. The number of rotatable bonds is 6. The van der Waals surface area contributed by atoms with Crippen LogP contribution in [0.5, 0.6) is 0 Å². The number of aromatic nitrogens is 3. The monoisotopic (exact) mass is 430 g/mol. The van der Waals surface area contributed by atoms with Gasteiger partial charge in [0.2, 0.25) is 0 Å². The molecule has 0 fully saturated rings. The number of fused-ring (bicyclic) bond motifs is 1. The molecule has 2 aromatic heterocycles. The Bertz CT molecular complexity index is 1310. The fourth-order valence-electron chi connectivity index (χ4n) is 3.46. The Kier molecular flexibility index (Phi) is 5.84. The molecule has 2 heterocycles. The zero-order valence-corrected chi connectivity index (χ0v) is 17.4. The van der Waals surface area contributed by atoms with E-state index in [1.54, 1.807) is 13.0 Å². The van der Waals surface area contributed by atoms with Crippen LogP contribution in [0, 0.1) is 17.0 Å². The number of hydrogen-bond donors (Lipinski definition) is 0. The van der Waals surface area contributed by atoms with Crippen molar-refractivity contribution in [2.45, 2.75) is 19.8 Å². The molecule has 0 amide bonds. The minimum atomic E-state index is -0.631. The number of carbonyl (C=O) groups excluding carboxylic acids is 1. The molecule has 3 aromatic rings. The third kappa shape index (κ3) is 3.52. The van der Waals surface area contributed by atoms with Crippen molar-refractivity contribution in [3.05, 3.63) is 66.5 Å². The van der Waals surface area contributed by atoms with Crippen LogP contribution in [0.25, 0.3) is 22.2 Å². The fraction of sp³-hybridized carbons (Fsp3) is 0.300. The predicted octanol–water partition coefficient (Wildman–Crippen LogP) is 2.72. The second kappa shape index (κ2) is 8.19. The van der Waals surface area contributed by atoms with Crippen LogP contribution in [0.1, 0.15) is 28.9 Å². The van der Waals surface area contributed by atoms with Gasteiger partial charge in [-0.25, -0.2) is 9.78 Å². The summed E-state index contributed by atoms with van der Waals surface area (Å²) in [4.78, 5) is 53.6. The lowest BCUT2D eigenvalue weighted by Crippen LogP contribution is -2.38. The summed E-state index contributed by atoms with van der Waals surface area (Å²) >= 11 is 5.73. The molecule has 0 aliphatic carbocycles. The van der Waals surface area contributed by atoms with Gasteiger partial charge in [0.05, 0.1) is 16.0 Å². The molecule has 0 unspecified atom stereocenters. The van der Waals surface area contributed by atoms with Gasteiger partial charge in [-0.05, 0) is 18.9 Å². The van der Waals surface area contributed by atoms with E-state index in [0.717, 1.165) is 4.57 Å². The SMILES string of the molecule is Cc1nc2c(c(-c3cccc([N+](=O)[O-])c3)c1C(=O)CCCCl)c(=O)n(C)c(=O)n2C. The summed E-state index contributed by atoms with van der Waals surface area (Å²) in [6.07, 6.45) is 0.559. The quantitative estimate of drug-likeness (QED) is 0.257. The lowest BCUT2D eigenvalue weighted by molar-refractivity contribution is -0.384. The number of nitro benzene ring substituents is 1. The fourth-order valence-corrected chi connectivity index (χ4v) is 3.59. The van der Waals surface area contributed by atoms with E-state index in [0.29, 0.717) is 17.7 Å². The molecule has 0 aliphatic rings. The summed E-state index contributed by atoms with van der Waals surface area (Å²) in [6.45, 7) is 1.61. The van der Waals surface area contributed by atoms with Gasteiger partial charge in [0, 0.05) is 49.7 Å². The maximum Gasteiger partial charge on any atom is 0.332 e. The zero-order chi connectivity index (χ0) is 22.2. The summed E-state index contributed by atoms with van der Waals surface area (Å²) < 4.78 is 2.14. The highest BCUT2D eigenvalue weighted by Crippen LogP contribution is 2.33. The Balaban J connectivity index is 2.54. The van der Waals surface area contributed by atoms with Gasteiger partial charge in [0.15, 0.2) is 5.78 Å². The van der Waals surface area contributed by atoms with Gasteiger partial charge >= 0.3 is 5.69 Å². The lowest BCUT2D eigenvalue weighted by atomic mass is 9.92. The van der Waals surface area contributed by atoms with E-state index < -0.39 is 16.2 Å². The van der Waals surface area contributed by atoms with Gasteiger partial charge < -0.3 is 0 Å². The molecular weight excluding hydrogens is 412 g/mol. The summed E-state index contributed by atoms with van der Waals surface area (Å²) in [5, 5.41) is 11.4. The number of non-ortho nitro benzene ring substituents is 1. The van der Waals surface area contributed by atoms with Crippen LogP contribution in [0.2, 0.25) is 0 Å². The van der Waals surface area contributed by atoms with Crippen molar-refractivity contribution < 1.29 is 9.72 Å². The maximum absolute atomic E-state index is 13.1. The molecule has 0 bridgehead atoms. The van der Waals surface area contributed by atoms with Crippen molar-refractivity contribution in [3.8, 4) is 11.1 Å². The number of hydrogen-bond acceptors (Lipinski definition) is 6. The third-order valence-electron chi connectivity index (χ3n) is 4.93. The molecule has 0 spiro atoms. The van der Waals surface area contributed by atoms with Gasteiger partial charge in [0.1, 0.15) is 5.65 Å². The van der Waals surface area contributed by atoms with E-state index >= 15 is 0 Å². The van der Waals surface area contributed by atoms with E-state index in [2.05, 4.69) is 4.98 Å². The topological polar surface area (TPSA) is 117 Å². The number of nitrogens with zero attached hydrogens (tertiary/aromatic N) is 4. The molecule has 9 nitrogen and oxygen atoms in total.